The van der Waals surface area contributed by atoms with Crippen molar-refractivity contribution in [1.82, 2.24) is 15.1 Å². The van der Waals surface area contributed by atoms with Crippen molar-refractivity contribution >= 4 is 40.7 Å². The zero-order valence-corrected chi connectivity index (χ0v) is 17.2. The summed E-state index contributed by atoms with van der Waals surface area (Å²) in [5, 5.41) is 5.06. The molecular formula is C20H22Cl3N3O. The highest BCUT2D eigenvalue weighted by Crippen LogP contribution is 2.26. The summed E-state index contributed by atoms with van der Waals surface area (Å²) in [6, 6.07) is 13.1. The molecule has 2 aromatic carbocycles. The highest BCUT2D eigenvalue weighted by Gasteiger charge is 2.20. The zero-order chi connectivity index (χ0) is 19.2. The molecule has 0 aromatic heterocycles. The number of carbonyl (C=O) groups excluding carboxylic acids is 1. The second-order valence-electron chi connectivity index (χ2n) is 6.66. The molecule has 1 fully saturated rings. The van der Waals surface area contributed by atoms with Crippen LogP contribution in [0, 0.1) is 0 Å². The number of nitrogens with one attached hydrogen (secondary N) is 1. The van der Waals surface area contributed by atoms with Gasteiger partial charge in [-0.15, -0.1) is 0 Å². The molecule has 0 spiro atoms. The summed E-state index contributed by atoms with van der Waals surface area (Å²) in [4.78, 5) is 16.7. The van der Waals surface area contributed by atoms with Crippen LogP contribution in [-0.2, 0) is 17.9 Å². The monoisotopic (exact) mass is 425 g/mol. The van der Waals surface area contributed by atoms with E-state index in [2.05, 4.69) is 15.1 Å². The minimum Gasteiger partial charge on any atom is -0.351 e. The van der Waals surface area contributed by atoms with Gasteiger partial charge in [-0.05, 0) is 29.8 Å². The van der Waals surface area contributed by atoms with E-state index >= 15 is 0 Å². The third-order valence-electron chi connectivity index (χ3n) is 4.68. The van der Waals surface area contributed by atoms with Gasteiger partial charge < -0.3 is 5.32 Å². The van der Waals surface area contributed by atoms with E-state index in [1.54, 1.807) is 0 Å². The molecule has 27 heavy (non-hydrogen) atoms. The Morgan fingerprint density at radius 3 is 2.11 bits per heavy atom. The number of carbonyl (C=O) groups is 1. The number of benzene rings is 2. The minimum absolute atomic E-state index is 0.0348. The average Bonchev–Trinajstić information content (AvgIpc) is 2.66. The van der Waals surface area contributed by atoms with Gasteiger partial charge in [-0.1, -0.05) is 53.0 Å². The van der Waals surface area contributed by atoms with Crippen molar-refractivity contribution in [3.63, 3.8) is 0 Å². The van der Waals surface area contributed by atoms with Crippen molar-refractivity contribution in [3.8, 4) is 0 Å². The highest BCUT2D eigenvalue weighted by atomic mass is 35.5. The van der Waals surface area contributed by atoms with Crippen molar-refractivity contribution in [1.29, 1.82) is 0 Å². The molecule has 0 radical (unpaired) electrons. The Labute approximate surface area is 175 Å². The molecular weight excluding hydrogens is 405 g/mol. The van der Waals surface area contributed by atoms with Gasteiger partial charge in [0.05, 0.1) is 6.54 Å². The fourth-order valence-electron chi connectivity index (χ4n) is 3.07. The lowest BCUT2D eigenvalue weighted by molar-refractivity contribution is -0.122. The molecule has 3 rings (SSSR count). The fourth-order valence-corrected chi connectivity index (χ4v) is 3.72. The highest BCUT2D eigenvalue weighted by molar-refractivity contribution is 6.36. The predicted octanol–water partition coefficient (Wildman–Crippen LogP) is 4.08. The summed E-state index contributed by atoms with van der Waals surface area (Å²) in [5.74, 6) is 0.0348. The van der Waals surface area contributed by atoms with E-state index < -0.39 is 0 Å². The average molecular weight is 427 g/mol. The van der Waals surface area contributed by atoms with Crippen LogP contribution in [0.3, 0.4) is 0 Å². The lowest BCUT2D eigenvalue weighted by Gasteiger charge is -2.34. The van der Waals surface area contributed by atoms with Crippen LogP contribution in [0.4, 0.5) is 0 Å². The Bertz CT molecular complexity index is 754. The van der Waals surface area contributed by atoms with Crippen molar-refractivity contribution in [2.45, 2.75) is 13.1 Å². The van der Waals surface area contributed by atoms with Gasteiger partial charge >= 0.3 is 0 Å². The summed E-state index contributed by atoms with van der Waals surface area (Å²) in [6.07, 6.45) is 0. The Kier molecular flexibility index (Phi) is 7.39. The number of hydrogen-bond donors (Lipinski definition) is 1. The number of rotatable bonds is 6. The molecule has 1 amide bonds. The normalized spacial score (nSPS) is 15.7. The molecule has 0 atom stereocenters. The molecule has 0 aliphatic carbocycles. The molecule has 0 saturated carbocycles. The van der Waals surface area contributed by atoms with Crippen molar-refractivity contribution in [2.75, 3.05) is 32.7 Å². The van der Waals surface area contributed by atoms with Gasteiger partial charge in [0.2, 0.25) is 5.91 Å². The van der Waals surface area contributed by atoms with Crippen LogP contribution in [0.1, 0.15) is 11.1 Å². The van der Waals surface area contributed by atoms with Crippen molar-refractivity contribution in [2.24, 2.45) is 0 Å². The van der Waals surface area contributed by atoms with Gasteiger partial charge in [-0.25, -0.2) is 0 Å². The van der Waals surface area contributed by atoms with Gasteiger partial charge in [0.1, 0.15) is 0 Å². The van der Waals surface area contributed by atoms with E-state index in [1.165, 1.54) is 0 Å². The number of hydrogen-bond acceptors (Lipinski definition) is 3. The third kappa shape index (κ3) is 6.09. The van der Waals surface area contributed by atoms with Crippen LogP contribution in [0.5, 0.6) is 0 Å². The van der Waals surface area contributed by atoms with Gasteiger partial charge in [-0.3, -0.25) is 14.6 Å². The second kappa shape index (κ2) is 9.76. The first-order valence-corrected chi connectivity index (χ1v) is 10.0. The van der Waals surface area contributed by atoms with E-state index in [9.17, 15) is 4.79 Å². The Balaban J connectivity index is 1.41. The first kappa shape index (κ1) is 20.4. The third-order valence-corrected chi connectivity index (χ3v) is 5.64. The Morgan fingerprint density at radius 2 is 1.48 bits per heavy atom. The standard InChI is InChI=1S/C20H22Cl3N3O/c21-16-6-4-15(5-7-16)12-24-20(27)14-26-10-8-25(9-11-26)13-17-18(22)2-1-3-19(17)23/h1-7H,8-14H2,(H,24,27). The topological polar surface area (TPSA) is 35.6 Å². The van der Waals surface area contributed by atoms with Crippen LogP contribution in [0.25, 0.3) is 0 Å². The van der Waals surface area contributed by atoms with Gasteiger partial charge in [0.15, 0.2) is 0 Å². The van der Waals surface area contributed by atoms with E-state index in [4.69, 9.17) is 34.8 Å². The SMILES string of the molecule is O=C(CN1CCN(Cc2c(Cl)cccc2Cl)CC1)NCc1ccc(Cl)cc1. The first-order chi connectivity index (χ1) is 13.0. The summed E-state index contributed by atoms with van der Waals surface area (Å²) in [6.45, 7) is 5.11. The maximum Gasteiger partial charge on any atom is 0.234 e. The molecule has 1 aliphatic heterocycles. The molecule has 0 bridgehead atoms. The maximum absolute atomic E-state index is 12.2. The summed E-state index contributed by atoms with van der Waals surface area (Å²) in [7, 11) is 0. The quantitative estimate of drug-likeness (QED) is 0.756. The van der Waals surface area contributed by atoms with Crippen LogP contribution in [0.15, 0.2) is 42.5 Å². The molecule has 144 valence electrons. The molecule has 0 unspecified atom stereocenters. The number of piperazine rings is 1. The maximum atomic E-state index is 12.2. The molecule has 2 aromatic rings. The fraction of sp³-hybridized carbons (Fsp3) is 0.350. The Hall–Kier alpha value is -1.30. The van der Waals surface area contributed by atoms with E-state index in [0.29, 0.717) is 28.2 Å². The lowest BCUT2D eigenvalue weighted by Crippen LogP contribution is -2.49. The summed E-state index contributed by atoms with van der Waals surface area (Å²) >= 11 is 18.4. The van der Waals surface area contributed by atoms with Crippen LogP contribution in [-0.4, -0.2) is 48.4 Å². The first-order valence-electron chi connectivity index (χ1n) is 8.90. The molecule has 1 aliphatic rings. The van der Waals surface area contributed by atoms with Crippen LogP contribution in [0.2, 0.25) is 15.1 Å². The summed E-state index contributed by atoms with van der Waals surface area (Å²) < 4.78 is 0. The summed E-state index contributed by atoms with van der Waals surface area (Å²) in [5.41, 5.74) is 2.00. The molecule has 4 nitrogen and oxygen atoms in total. The molecule has 1 heterocycles. The zero-order valence-electron chi connectivity index (χ0n) is 14.9. The molecule has 7 heteroatoms. The van der Waals surface area contributed by atoms with E-state index in [-0.39, 0.29) is 5.91 Å². The molecule has 1 saturated heterocycles. The number of nitrogens with zero attached hydrogens (tertiary/aromatic N) is 2. The Morgan fingerprint density at radius 1 is 0.889 bits per heavy atom. The van der Waals surface area contributed by atoms with Crippen LogP contribution < -0.4 is 5.32 Å². The van der Waals surface area contributed by atoms with E-state index in [1.807, 2.05) is 42.5 Å². The van der Waals surface area contributed by atoms with Crippen LogP contribution >= 0.6 is 34.8 Å². The van der Waals surface area contributed by atoms with Crippen molar-refractivity contribution < 1.29 is 4.79 Å². The molecule has 1 N–H and O–H groups in total. The van der Waals surface area contributed by atoms with E-state index in [0.717, 1.165) is 43.9 Å². The lowest BCUT2D eigenvalue weighted by atomic mass is 10.2. The predicted molar refractivity (Wildman–Crippen MR) is 111 cm³/mol. The van der Waals surface area contributed by atoms with Gasteiger partial charge in [0, 0.05) is 59.9 Å². The second-order valence-corrected chi connectivity index (χ2v) is 7.91. The largest absolute Gasteiger partial charge is 0.351 e. The number of halogens is 3. The van der Waals surface area contributed by atoms with Gasteiger partial charge in [0.25, 0.3) is 0 Å². The number of amides is 1. The minimum atomic E-state index is 0.0348. The van der Waals surface area contributed by atoms with Crippen molar-refractivity contribution in [3.05, 3.63) is 68.7 Å². The smallest absolute Gasteiger partial charge is 0.234 e. The van der Waals surface area contributed by atoms with Gasteiger partial charge in [-0.2, -0.15) is 0 Å².